The predicted octanol–water partition coefficient (Wildman–Crippen LogP) is 2.52. The first-order valence-corrected chi connectivity index (χ1v) is 9.04. The Labute approximate surface area is 168 Å². The van der Waals surface area contributed by atoms with Gasteiger partial charge in [0, 0.05) is 32.4 Å². The number of carbonyl (C=O) groups excluding carboxylic acids is 2. The lowest BCUT2D eigenvalue weighted by atomic mass is 10.1. The average molecular weight is 407 g/mol. The molecule has 0 atom stereocenters. The SMILES string of the molecule is CCOC(=O)NC1(COc2cc([N+](=O)[O-])c(C(=O)C=CN(C)C)cc2OC)CC1. The van der Waals surface area contributed by atoms with Gasteiger partial charge in [-0.1, -0.05) is 0 Å². The maximum absolute atomic E-state index is 12.4. The minimum Gasteiger partial charge on any atom is -0.493 e. The Morgan fingerprint density at radius 3 is 2.52 bits per heavy atom. The summed E-state index contributed by atoms with van der Waals surface area (Å²) in [4.78, 5) is 36.5. The van der Waals surface area contributed by atoms with E-state index in [0.717, 1.165) is 6.07 Å². The van der Waals surface area contributed by atoms with Gasteiger partial charge in [0.2, 0.25) is 0 Å². The molecule has 1 aromatic carbocycles. The van der Waals surface area contributed by atoms with Gasteiger partial charge in [-0.05, 0) is 19.8 Å². The third-order valence-corrected chi connectivity index (χ3v) is 4.27. The Hall–Kier alpha value is -3.30. The number of amides is 1. The standard InChI is InChI=1S/C19H25N3O7/c1-5-28-18(24)20-19(7-8-19)12-29-17-11-14(22(25)26)13(10-16(17)27-4)15(23)6-9-21(2)3/h6,9-11H,5,7-8,12H2,1-4H3,(H,20,24). The Morgan fingerprint density at radius 2 is 2.00 bits per heavy atom. The minimum absolute atomic E-state index is 0.0904. The van der Waals surface area contributed by atoms with Gasteiger partial charge in [-0.2, -0.15) is 0 Å². The van der Waals surface area contributed by atoms with Crippen molar-refractivity contribution in [3.8, 4) is 11.5 Å². The maximum Gasteiger partial charge on any atom is 0.407 e. The zero-order valence-corrected chi connectivity index (χ0v) is 16.9. The van der Waals surface area contributed by atoms with E-state index in [1.807, 2.05) is 0 Å². The van der Waals surface area contributed by atoms with Gasteiger partial charge in [-0.3, -0.25) is 14.9 Å². The number of nitro groups is 1. The molecule has 1 N–H and O–H groups in total. The van der Waals surface area contributed by atoms with Gasteiger partial charge in [0.15, 0.2) is 17.3 Å². The zero-order valence-electron chi connectivity index (χ0n) is 16.9. The molecular weight excluding hydrogens is 382 g/mol. The number of nitro benzene ring substituents is 1. The van der Waals surface area contributed by atoms with Crippen LogP contribution in [0.2, 0.25) is 0 Å². The first kappa shape index (κ1) is 22.0. The molecule has 1 amide bonds. The van der Waals surface area contributed by atoms with Crippen molar-refractivity contribution in [3.05, 3.63) is 40.1 Å². The summed E-state index contributed by atoms with van der Waals surface area (Å²) in [5.41, 5.74) is -1.07. The van der Waals surface area contributed by atoms with Gasteiger partial charge < -0.3 is 24.4 Å². The Morgan fingerprint density at radius 1 is 1.31 bits per heavy atom. The van der Waals surface area contributed by atoms with Crippen LogP contribution >= 0.6 is 0 Å². The van der Waals surface area contributed by atoms with Gasteiger partial charge in [-0.15, -0.1) is 0 Å². The molecule has 0 unspecified atom stereocenters. The molecule has 1 aromatic rings. The van der Waals surface area contributed by atoms with Crippen LogP contribution in [0.15, 0.2) is 24.4 Å². The van der Waals surface area contributed by atoms with Crippen molar-refractivity contribution >= 4 is 17.6 Å². The van der Waals surface area contributed by atoms with Crippen molar-refractivity contribution in [1.82, 2.24) is 10.2 Å². The topological polar surface area (TPSA) is 120 Å². The molecule has 0 radical (unpaired) electrons. The van der Waals surface area contributed by atoms with Gasteiger partial charge in [0.25, 0.3) is 5.69 Å². The van der Waals surface area contributed by atoms with Crippen molar-refractivity contribution in [3.63, 3.8) is 0 Å². The second-order valence-corrected chi connectivity index (χ2v) is 6.84. The molecule has 10 heteroatoms. The molecule has 0 saturated heterocycles. The summed E-state index contributed by atoms with van der Waals surface area (Å²) in [6.45, 7) is 2.05. The Balaban J connectivity index is 2.24. The second kappa shape index (κ2) is 9.26. The van der Waals surface area contributed by atoms with Crippen LogP contribution in [0.3, 0.4) is 0 Å². The largest absolute Gasteiger partial charge is 0.493 e. The molecular formula is C19H25N3O7. The summed E-state index contributed by atoms with van der Waals surface area (Å²) in [5.74, 6) is -0.230. The fourth-order valence-corrected chi connectivity index (χ4v) is 2.53. The van der Waals surface area contributed by atoms with Crippen LogP contribution in [0, 0.1) is 10.1 Å². The monoisotopic (exact) mass is 407 g/mol. The van der Waals surface area contributed by atoms with Crippen molar-refractivity contribution in [2.75, 3.05) is 34.4 Å². The van der Waals surface area contributed by atoms with Crippen molar-refractivity contribution in [2.45, 2.75) is 25.3 Å². The first-order chi connectivity index (χ1) is 13.7. The van der Waals surface area contributed by atoms with E-state index < -0.39 is 28.0 Å². The van der Waals surface area contributed by atoms with E-state index in [-0.39, 0.29) is 30.3 Å². The van der Waals surface area contributed by atoms with Crippen molar-refractivity contribution in [2.24, 2.45) is 0 Å². The Kier molecular flexibility index (Phi) is 7.03. The number of ketones is 1. The normalized spacial score (nSPS) is 14.2. The lowest BCUT2D eigenvalue weighted by Crippen LogP contribution is -2.41. The second-order valence-electron chi connectivity index (χ2n) is 6.84. The number of hydrogen-bond donors (Lipinski definition) is 1. The summed E-state index contributed by atoms with van der Waals surface area (Å²) in [7, 11) is 4.84. The number of allylic oxidation sites excluding steroid dienone is 1. The van der Waals surface area contributed by atoms with Crippen molar-refractivity contribution in [1.29, 1.82) is 0 Å². The molecule has 1 aliphatic rings. The Bertz CT molecular complexity index is 816. The number of nitrogens with zero attached hydrogens (tertiary/aromatic N) is 2. The highest BCUT2D eigenvalue weighted by atomic mass is 16.6. The third kappa shape index (κ3) is 5.84. The number of hydrogen-bond acceptors (Lipinski definition) is 8. The van der Waals surface area contributed by atoms with Crippen LogP contribution in [0.4, 0.5) is 10.5 Å². The summed E-state index contributed by atoms with van der Waals surface area (Å²) >= 11 is 0. The van der Waals surface area contributed by atoms with Crippen LogP contribution < -0.4 is 14.8 Å². The quantitative estimate of drug-likeness (QED) is 0.272. The minimum atomic E-state index is -0.646. The highest BCUT2D eigenvalue weighted by Gasteiger charge is 2.46. The van der Waals surface area contributed by atoms with Crippen LogP contribution in [0.25, 0.3) is 0 Å². The van der Waals surface area contributed by atoms with Crippen LogP contribution in [-0.2, 0) is 4.74 Å². The predicted molar refractivity (Wildman–Crippen MR) is 104 cm³/mol. The lowest BCUT2D eigenvalue weighted by Gasteiger charge is -2.19. The van der Waals surface area contributed by atoms with Gasteiger partial charge in [0.05, 0.1) is 30.2 Å². The number of nitrogens with one attached hydrogen (secondary N) is 1. The summed E-state index contributed by atoms with van der Waals surface area (Å²) in [6.07, 6.45) is 3.59. The molecule has 2 rings (SSSR count). The first-order valence-electron chi connectivity index (χ1n) is 9.04. The zero-order chi connectivity index (χ0) is 21.6. The molecule has 1 aliphatic carbocycles. The van der Waals surface area contributed by atoms with Gasteiger partial charge in [-0.25, -0.2) is 4.79 Å². The fourth-order valence-electron chi connectivity index (χ4n) is 2.53. The number of ether oxygens (including phenoxy) is 3. The van der Waals surface area contributed by atoms with Gasteiger partial charge in [0.1, 0.15) is 12.2 Å². The molecule has 29 heavy (non-hydrogen) atoms. The number of benzene rings is 1. The van der Waals surface area contributed by atoms with E-state index >= 15 is 0 Å². The molecule has 0 aromatic heterocycles. The maximum atomic E-state index is 12.4. The van der Waals surface area contributed by atoms with Crippen molar-refractivity contribution < 1.29 is 28.7 Å². The van der Waals surface area contributed by atoms with Gasteiger partial charge >= 0.3 is 6.09 Å². The van der Waals surface area contributed by atoms with E-state index in [1.165, 1.54) is 25.5 Å². The van der Waals surface area contributed by atoms with Crippen LogP contribution in [-0.4, -0.2) is 61.7 Å². The molecule has 1 saturated carbocycles. The highest BCUT2D eigenvalue weighted by molar-refractivity contribution is 6.07. The lowest BCUT2D eigenvalue weighted by molar-refractivity contribution is -0.385. The summed E-state index contributed by atoms with van der Waals surface area (Å²) in [6, 6.07) is 2.45. The van der Waals surface area contributed by atoms with E-state index in [4.69, 9.17) is 14.2 Å². The fraction of sp³-hybridized carbons (Fsp3) is 0.474. The van der Waals surface area contributed by atoms with E-state index in [2.05, 4.69) is 5.32 Å². The van der Waals surface area contributed by atoms with Crippen LogP contribution in [0.1, 0.15) is 30.1 Å². The average Bonchev–Trinajstić information content (AvgIpc) is 3.43. The number of alkyl carbamates (subject to hydrolysis) is 1. The molecule has 1 fully saturated rings. The van der Waals surface area contributed by atoms with E-state index in [1.54, 1.807) is 25.9 Å². The number of rotatable bonds is 10. The van der Waals surface area contributed by atoms with E-state index in [9.17, 15) is 19.7 Å². The summed E-state index contributed by atoms with van der Waals surface area (Å²) < 4.78 is 15.9. The molecule has 10 nitrogen and oxygen atoms in total. The molecule has 0 aliphatic heterocycles. The number of methoxy groups -OCH3 is 1. The molecule has 0 bridgehead atoms. The highest BCUT2D eigenvalue weighted by Crippen LogP contribution is 2.39. The molecule has 0 heterocycles. The molecule has 158 valence electrons. The van der Waals surface area contributed by atoms with E-state index in [0.29, 0.717) is 12.8 Å². The summed E-state index contributed by atoms with van der Waals surface area (Å²) in [5, 5.41) is 14.2. The smallest absolute Gasteiger partial charge is 0.407 e. The number of carbonyl (C=O) groups is 2. The van der Waals surface area contributed by atoms with Crippen LogP contribution in [0.5, 0.6) is 11.5 Å². The third-order valence-electron chi connectivity index (χ3n) is 4.27. The molecule has 0 spiro atoms.